The van der Waals surface area contributed by atoms with Gasteiger partial charge in [-0.25, -0.2) is 0 Å². The molecule has 21 heavy (non-hydrogen) atoms. The predicted octanol–water partition coefficient (Wildman–Crippen LogP) is 4.68. The fraction of sp³-hybridized carbons (Fsp3) is 0.167. The van der Waals surface area contributed by atoms with Crippen LogP contribution in [0.15, 0.2) is 60.2 Å². The van der Waals surface area contributed by atoms with Crippen molar-refractivity contribution in [3.05, 3.63) is 76.3 Å². The number of anilines is 1. The zero-order valence-corrected chi connectivity index (χ0v) is 12.8. The van der Waals surface area contributed by atoms with Crippen LogP contribution in [0.4, 0.5) is 5.69 Å². The summed E-state index contributed by atoms with van der Waals surface area (Å²) in [6.07, 6.45) is 1.71. The van der Waals surface area contributed by atoms with E-state index in [1.807, 2.05) is 67.3 Å². The molecule has 1 atom stereocenters. The lowest BCUT2D eigenvalue weighted by atomic mass is 10.0. The number of carbonyl (C=O) groups excluding carboxylic acids is 1. The molecular formula is C18H16ClNO. The van der Waals surface area contributed by atoms with Gasteiger partial charge in [-0.15, -0.1) is 0 Å². The molecule has 0 N–H and O–H groups in total. The molecular weight excluding hydrogens is 282 g/mol. The van der Waals surface area contributed by atoms with Crippen LogP contribution < -0.4 is 4.90 Å². The highest BCUT2D eigenvalue weighted by Crippen LogP contribution is 2.37. The van der Waals surface area contributed by atoms with Gasteiger partial charge in [-0.2, -0.15) is 0 Å². The van der Waals surface area contributed by atoms with Gasteiger partial charge in [-0.3, -0.25) is 9.69 Å². The minimum atomic E-state index is -0.0579. The Morgan fingerprint density at radius 3 is 2.19 bits per heavy atom. The Labute approximate surface area is 129 Å². The number of amides is 1. The smallest absolute Gasteiger partial charge is 0.251 e. The van der Waals surface area contributed by atoms with Gasteiger partial charge in [0.2, 0.25) is 0 Å². The van der Waals surface area contributed by atoms with Gasteiger partial charge in [0.1, 0.15) is 0 Å². The molecule has 0 spiro atoms. The highest BCUT2D eigenvalue weighted by Gasteiger charge is 2.32. The van der Waals surface area contributed by atoms with Crippen molar-refractivity contribution in [3.8, 4) is 0 Å². The summed E-state index contributed by atoms with van der Waals surface area (Å²) < 4.78 is 0. The number of hydrogen-bond donors (Lipinski definition) is 0. The molecule has 3 heteroatoms. The first kappa shape index (κ1) is 13.9. The Hall–Kier alpha value is -2.06. The third-order valence-corrected chi connectivity index (χ3v) is 4.03. The van der Waals surface area contributed by atoms with Crippen molar-refractivity contribution < 1.29 is 4.79 Å². The summed E-state index contributed by atoms with van der Waals surface area (Å²) in [5.41, 5.74) is 4.21. The number of halogens is 1. The number of benzene rings is 2. The Balaban J connectivity index is 2.03. The minimum absolute atomic E-state index is 0.0244. The lowest BCUT2D eigenvalue weighted by Crippen LogP contribution is -2.28. The normalized spacial score (nSPS) is 18.0. The second-order valence-electron chi connectivity index (χ2n) is 5.39. The molecule has 1 aliphatic rings. The van der Waals surface area contributed by atoms with Crippen molar-refractivity contribution >= 4 is 23.2 Å². The van der Waals surface area contributed by atoms with Gasteiger partial charge in [-0.1, -0.05) is 41.4 Å². The topological polar surface area (TPSA) is 20.3 Å². The van der Waals surface area contributed by atoms with Gasteiger partial charge < -0.3 is 0 Å². The molecule has 0 radical (unpaired) electrons. The lowest BCUT2D eigenvalue weighted by Gasteiger charge is -2.27. The fourth-order valence-corrected chi connectivity index (χ4v) is 2.84. The van der Waals surface area contributed by atoms with Crippen molar-refractivity contribution in [1.29, 1.82) is 0 Å². The summed E-state index contributed by atoms with van der Waals surface area (Å²) >= 11 is 5.96. The molecule has 1 heterocycles. The number of carbonyl (C=O) groups is 1. The summed E-state index contributed by atoms with van der Waals surface area (Å²) in [7, 11) is 0. The highest BCUT2D eigenvalue weighted by molar-refractivity contribution is 6.30. The van der Waals surface area contributed by atoms with Crippen LogP contribution in [-0.2, 0) is 4.79 Å². The molecule has 2 aromatic rings. The van der Waals surface area contributed by atoms with E-state index < -0.39 is 0 Å². The van der Waals surface area contributed by atoms with Gasteiger partial charge >= 0.3 is 0 Å². The molecule has 1 aliphatic heterocycles. The largest absolute Gasteiger partial charge is 0.298 e. The van der Waals surface area contributed by atoms with E-state index in [0.29, 0.717) is 5.02 Å². The molecule has 0 fully saturated rings. The predicted molar refractivity (Wildman–Crippen MR) is 86.6 cm³/mol. The van der Waals surface area contributed by atoms with Crippen molar-refractivity contribution in [1.82, 2.24) is 0 Å². The van der Waals surface area contributed by atoms with Gasteiger partial charge in [0.05, 0.1) is 6.04 Å². The van der Waals surface area contributed by atoms with E-state index in [0.717, 1.165) is 16.8 Å². The lowest BCUT2D eigenvalue weighted by molar-refractivity contribution is -0.113. The van der Waals surface area contributed by atoms with E-state index in [2.05, 4.69) is 0 Å². The number of aryl methyl sites for hydroxylation is 1. The zero-order chi connectivity index (χ0) is 15.0. The molecule has 0 saturated heterocycles. The monoisotopic (exact) mass is 297 g/mol. The zero-order valence-electron chi connectivity index (χ0n) is 12.0. The van der Waals surface area contributed by atoms with Crippen molar-refractivity contribution in [2.24, 2.45) is 0 Å². The summed E-state index contributed by atoms with van der Waals surface area (Å²) in [4.78, 5) is 14.2. The third-order valence-electron chi connectivity index (χ3n) is 3.78. The van der Waals surface area contributed by atoms with E-state index in [-0.39, 0.29) is 11.9 Å². The molecule has 106 valence electrons. The van der Waals surface area contributed by atoms with Crippen LogP contribution in [0.2, 0.25) is 5.02 Å². The second-order valence-corrected chi connectivity index (χ2v) is 5.82. The summed E-state index contributed by atoms with van der Waals surface area (Å²) in [6.45, 7) is 4.03. The Kier molecular flexibility index (Phi) is 3.56. The van der Waals surface area contributed by atoms with Crippen LogP contribution in [0, 0.1) is 6.92 Å². The molecule has 0 saturated carbocycles. The van der Waals surface area contributed by atoms with Gasteiger partial charge in [-0.05, 0) is 49.2 Å². The van der Waals surface area contributed by atoms with E-state index in [9.17, 15) is 4.79 Å². The quantitative estimate of drug-likeness (QED) is 0.788. The van der Waals surface area contributed by atoms with Crippen LogP contribution in [0.3, 0.4) is 0 Å². The molecule has 2 aromatic carbocycles. The highest BCUT2D eigenvalue weighted by atomic mass is 35.5. The maximum atomic E-state index is 12.3. The van der Waals surface area contributed by atoms with Crippen LogP contribution in [-0.4, -0.2) is 5.91 Å². The first-order valence-electron chi connectivity index (χ1n) is 6.90. The van der Waals surface area contributed by atoms with Crippen LogP contribution in [0.1, 0.15) is 24.1 Å². The average Bonchev–Trinajstić information content (AvgIpc) is 2.75. The summed E-state index contributed by atoms with van der Waals surface area (Å²) in [5.74, 6) is 0.0244. The van der Waals surface area contributed by atoms with Gasteiger partial charge in [0, 0.05) is 16.8 Å². The number of rotatable bonds is 2. The molecule has 1 amide bonds. The Morgan fingerprint density at radius 2 is 1.57 bits per heavy atom. The van der Waals surface area contributed by atoms with Crippen molar-refractivity contribution in [2.75, 3.05) is 4.90 Å². The fourth-order valence-electron chi connectivity index (χ4n) is 2.71. The molecule has 0 aliphatic carbocycles. The second kappa shape index (κ2) is 5.38. The number of hydrogen-bond acceptors (Lipinski definition) is 1. The maximum absolute atomic E-state index is 12.3. The molecule has 0 bridgehead atoms. The first-order chi connectivity index (χ1) is 10.1. The SMILES string of the molecule is CC1=CC(=O)N(c2ccc(C)cc2)[C@@H]1c1ccc(Cl)cc1. The Morgan fingerprint density at radius 1 is 0.952 bits per heavy atom. The standard InChI is InChI=1S/C18H16ClNO/c1-12-3-9-16(10-4-12)20-17(21)11-13(2)18(20)14-5-7-15(19)8-6-14/h3-11,18H,1-2H3/t18-/m0/s1. The van der Waals surface area contributed by atoms with Crippen LogP contribution in [0.25, 0.3) is 0 Å². The molecule has 0 aromatic heterocycles. The average molecular weight is 298 g/mol. The maximum Gasteiger partial charge on any atom is 0.251 e. The summed E-state index contributed by atoms with van der Waals surface area (Å²) in [6, 6.07) is 15.6. The Bertz CT molecular complexity index is 701. The molecule has 0 unspecified atom stereocenters. The van der Waals surface area contributed by atoms with E-state index >= 15 is 0 Å². The first-order valence-corrected chi connectivity index (χ1v) is 7.27. The van der Waals surface area contributed by atoms with Gasteiger partial charge in [0.25, 0.3) is 5.91 Å². The molecule has 3 rings (SSSR count). The number of nitrogens with zero attached hydrogens (tertiary/aromatic N) is 1. The third kappa shape index (κ3) is 2.59. The van der Waals surface area contributed by atoms with Crippen LogP contribution in [0.5, 0.6) is 0 Å². The van der Waals surface area contributed by atoms with Crippen molar-refractivity contribution in [2.45, 2.75) is 19.9 Å². The minimum Gasteiger partial charge on any atom is -0.298 e. The van der Waals surface area contributed by atoms with Crippen molar-refractivity contribution in [3.63, 3.8) is 0 Å². The summed E-state index contributed by atoms with van der Waals surface area (Å²) in [5, 5.41) is 0.701. The van der Waals surface area contributed by atoms with Crippen LogP contribution >= 0.6 is 11.6 Å². The van der Waals surface area contributed by atoms with Gasteiger partial charge in [0.15, 0.2) is 0 Å². The van der Waals surface area contributed by atoms with E-state index in [1.54, 1.807) is 6.08 Å². The molecule has 2 nitrogen and oxygen atoms in total. The van der Waals surface area contributed by atoms with E-state index in [1.165, 1.54) is 5.56 Å². The van der Waals surface area contributed by atoms with E-state index in [4.69, 9.17) is 11.6 Å².